The number of alkyl halides is 3. The lowest BCUT2D eigenvalue weighted by molar-refractivity contribution is -0.0446. The Balaban J connectivity index is 1.55. The van der Waals surface area contributed by atoms with Crippen LogP contribution in [0.15, 0.2) is 47.7 Å². The Morgan fingerprint density at radius 2 is 1.91 bits per heavy atom. The van der Waals surface area contributed by atoms with Gasteiger partial charge in [0.05, 0.1) is 18.4 Å². The monoisotopic (exact) mass is 442 g/mol. The van der Waals surface area contributed by atoms with Crippen molar-refractivity contribution in [1.82, 2.24) is 29.5 Å². The highest BCUT2D eigenvalue weighted by atomic mass is 19.3. The molecule has 1 saturated carbocycles. The zero-order chi connectivity index (χ0) is 22.5. The van der Waals surface area contributed by atoms with Crippen molar-refractivity contribution in [2.24, 2.45) is 7.05 Å². The number of nitrogens with zero attached hydrogens (tertiary/aromatic N) is 5. The van der Waals surface area contributed by atoms with E-state index in [2.05, 4.69) is 20.2 Å². The van der Waals surface area contributed by atoms with Crippen LogP contribution in [0.5, 0.6) is 0 Å². The lowest BCUT2D eigenvalue weighted by Gasteiger charge is -2.28. The first-order chi connectivity index (χ1) is 15.3. The van der Waals surface area contributed by atoms with Gasteiger partial charge >= 0.3 is 0 Å². The van der Waals surface area contributed by atoms with Gasteiger partial charge in [0.25, 0.3) is 5.56 Å². The summed E-state index contributed by atoms with van der Waals surface area (Å²) in [6, 6.07) is 6.62. The molecule has 0 amide bonds. The van der Waals surface area contributed by atoms with Crippen molar-refractivity contribution in [2.75, 3.05) is 0 Å². The van der Waals surface area contributed by atoms with E-state index in [4.69, 9.17) is 0 Å². The number of aromatic amines is 1. The van der Waals surface area contributed by atoms with Crippen molar-refractivity contribution >= 4 is 11.0 Å². The lowest BCUT2D eigenvalue weighted by Crippen LogP contribution is -2.27. The van der Waals surface area contributed by atoms with E-state index in [1.807, 2.05) is 0 Å². The summed E-state index contributed by atoms with van der Waals surface area (Å²) in [5, 5.41) is 8.58. The molecule has 0 aliphatic heterocycles. The first-order valence-corrected chi connectivity index (χ1v) is 10.4. The molecule has 3 aromatic heterocycles. The minimum atomic E-state index is -2.68. The van der Waals surface area contributed by atoms with Gasteiger partial charge in [0, 0.05) is 37.2 Å². The van der Waals surface area contributed by atoms with Gasteiger partial charge in [-0.2, -0.15) is 10.2 Å². The largest absolute Gasteiger partial charge is 0.307 e. The van der Waals surface area contributed by atoms with Crippen molar-refractivity contribution < 1.29 is 13.2 Å². The van der Waals surface area contributed by atoms with Crippen LogP contribution in [0, 0.1) is 0 Å². The van der Waals surface area contributed by atoms with Crippen LogP contribution in [0.25, 0.3) is 22.2 Å². The number of hydrogen-bond donors (Lipinski definition) is 1. The molecule has 0 spiro atoms. The van der Waals surface area contributed by atoms with Crippen LogP contribution in [0.3, 0.4) is 0 Å². The summed E-state index contributed by atoms with van der Waals surface area (Å²) in [6.07, 6.45) is 3.00. The Kier molecular flexibility index (Phi) is 4.87. The third kappa shape index (κ3) is 3.59. The van der Waals surface area contributed by atoms with Crippen molar-refractivity contribution in [3.8, 4) is 11.1 Å². The Bertz CT molecular complexity index is 1330. The number of benzene rings is 1. The predicted molar refractivity (Wildman–Crippen MR) is 112 cm³/mol. The maximum atomic E-state index is 15.7. The summed E-state index contributed by atoms with van der Waals surface area (Å²) < 4.78 is 46.0. The van der Waals surface area contributed by atoms with E-state index in [0.29, 0.717) is 11.1 Å². The highest BCUT2D eigenvalue weighted by Crippen LogP contribution is 2.39. The maximum absolute atomic E-state index is 15.7. The zero-order valence-electron chi connectivity index (χ0n) is 17.3. The topological polar surface area (TPSA) is 81.4 Å². The average molecular weight is 442 g/mol. The van der Waals surface area contributed by atoms with E-state index < -0.39 is 17.7 Å². The summed E-state index contributed by atoms with van der Waals surface area (Å²) in [6.45, 7) is 0. The second kappa shape index (κ2) is 7.61. The van der Waals surface area contributed by atoms with Crippen LogP contribution in [-0.2, 0) is 7.05 Å². The van der Waals surface area contributed by atoms with E-state index in [1.54, 1.807) is 48.4 Å². The molecule has 5 rings (SSSR count). The number of H-pyrrole nitrogens is 1. The molecular formula is C22H21F3N6O. The van der Waals surface area contributed by atoms with Crippen molar-refractivity contribution in [3.05, 3.63) is 64.6 Å². The van der Waals surface area contributed by atoms with Gasteiger partial charge in [-0.25, -0.2) is 22.8 Å². The van der Waals surface area contributed by atoms with Gasteiger partial charge in [-0.1, -0.05) is 24.3 Å². The van der Waals surface area contributed by atoms with Crippen molar-refractivity contribution in [2.45, 2.75) is 43.8 Å². The second-order valence-corrected chi connectivity index (χ2v) is 8.22. The van der Waals surface area contributed by atoms with Crippen LogP contribution in [0.2, 0.25) is 0 Å². The van der Waals surface area contributed by atoms with Crippen molar-refractivity contribution in [3.63, 3.8) is 0 Å². The molecule has 32 heavy (non-hydrogen) atoms. The quantitative estimate of drug-likeness (QED) is 0.510. The molecule has 1 aliphatic carbocycles. The average Bonchev–Trinajstić information content (AvgIpc) is 3.40. The number of rotatable bonds is 4. The fourth-order valence-corrected chi connectivity index (χ4v) is 4.30. The summed E-state index contributed by atoms with van der Waals surface area (Å²) in [5.74, 6) is -2.84. The van der Waals surface area contributed by atoms with Gasteiger partial charge in [-0.15, -0.1) is 0 Å². The predicted octanol–water partition coefficient (Wildman–Crippen LogP) is 4.33. The maximum Gasteiger partial charge on any atom is 0.262 e. The molecule has 3 heterocycles. The molecule has 10 heteroatoms. The number of halogens is 3. The molecular weight excluding hydrogens is 421 g/mol. The molecule has 0 saturated heterocycles. The molecule has 4 aromatic rings. The standard InChI is InChI=1S/C22H21F3N6O/c1-30-12-13(10-26-30)15-4-2-3-5-16(15)18(23)19-28-20-17(21(32)29-19)11-27-31(20)14-6-8-22(24,25)9-7-14/h2-5,10-12,14,18H,6-9H2,1H3,(H,28,29,32). The van der Waals surface area contributed by atoms with Crippen LogP contribution in [0.4, 0.5) is 13.2 Å². The van der Waals surface area contributed by atoms with Crippen LogP contribution >= 0.6 is 0 Å². The Labute approximate surface area is 180 Å². The number of aryl methyl sites for hydroxylation is 1. The highest BCUT2D eigenvalue weighted by Gasteiger charge is 2.36. The number of aromatic nitrogens is 6. The van der Waals surface area contributed by atoms with Crippen LogP contribution < -0.4 is 5.56 Å². The van der Waals surface area contributed by atoms with Gasteiger partial charge < -0.3 is 4.98 Å². The van der Waals surface area contributed by atoms with Crippen LogP contribution in [0.1, 0.15) is 49.3 Å². The van der Waals surface area contributed by atoms with E-state index >= 15 is 4.39 Å². The van der Waals surface area contributed by atoms with Gasteiger partial charge in [0.2, 0.25) is 5.92 Å². The molecule has 1 unspecified atom stereocenters. The van der Waals surface area contributed by atoms with E-state index in [1.165, 1.54) is 10.9 Å². The fourth-order valence-electron chi connectivity index (χ4n) is 4.30. The summed E-state index contributed by atoms with van der Waals surface area (Å²) >= 11 is 0. The molecule has 0 radical (unpaired) electrons. The second-order valence-electron chi connectivity index (χ2n) is 8.22. The third-order valence-electron chi connectivity index (χ3n) is 6.00. The number of fused-ring (bicyclic) bond motifs is 1. The Morgan fingerprint density at radius 3 is 2.62 bits per heavy atom. The van der Waals surface area contributed by atoms with Gasteiger partial charge in [-0.05, 0) is 18.4 Å². The minimum Gasteiger partial charge on any atom is -0.307 e. The molecule has 1 aromatic carbocycles. The minimum absolute atomic E-state index is 0.151. The van der Waals surface area contributed by atoms with E-state index in [-0.39, 0.29) is 48.6 Å². The normalized spacial score (nSPS) is 17.6. The van der Waals surface area contributed by atoms with Crippen LogP contribution in [-0.4, -0.2) is 35.5 Å². The third-order valence-corrected chi connectivity index (χ3v) is 6.00. The van der Waals surface area contributed by atoms with E-state index in [9.17, 15) is 13.6 Å². The summed E-state index contributed by atoms with van der Waals surface area (Å²) in [5.41, 5.74) is 1.41. The van der Waals surface area contributed by atoms with E-state index in [0.717, 1.165) is 5.56 Å². The number of hydrogen-bond acceptors (Lipinski definition) is 4. The first kappa shape index (κ1) is 20.5. The number of nitrogens with one attached hydrogen (secondary N) is 1. The fraction of sp³-hybridized carbons (Fsp3) is 0.364. The summed E-state index contributed by atoms with van der Waals surface area (Å²) in [7, 11) is 1.77. The molecule has 7 nitrogen and oxygen atoms in total. The SMILES string of the molecule is Cn1cc(-c2ccccc2C(F)c2nc3c(cnn3C3CCC(F)(F)CC3)c(=O)[nH]2)cn1. The molecule has 1 fully saturated rings. The Morgan fingerprint density at radius 1 is 1.16 bits per heavy atom. The molecule has 0 bridgehead atoms. The highest BCUT2D eigenvalue weighted by molar-refractivity contribution is 5.73. The van der Waals surface area contributed by atoms with Gasteiger partial charge in [0.15, 0.2) is 17.6 Å². The molecule has 166 valence electrons. The Hall–Kier alpha value is -3.43. The molecule has 1 aliphatic rings. The van der Waals surface area contributed by atoms with Crippen molar-refractivity contribution in [1.29, 1.82) is 0 Å². The zero-order valence-corrected chi connectivity index (χ0v) is 17.3. The molecule has 1 atom stereocenters. The van der Waals surface area contributed by atoms with Gasteiger partial charge in [0.1, 0.15) is 5.39 Å². The first-order valence-electron chi connectivity index (χ1n) is 10.4. The van der Waals surface area contributed by atoms with Gasteiger partial charge in [-0.3, -0.25) is 9.48 Å². The summed E-state index contributed by atoms with van der Waals surface area (Å²) in [4.78, 5) is 19.6. The molecule has 1 N–H and O–H groups in total. The lowest BCUT2D eigenvalue weighted by atomic mass is 9.92. The smallest absolute Gasteiger partial charge is 0.262 e.